The number of likely N-dealkylation sites (N-methyl/N-ethyl adjacent to an activating group) is 1. The van der Waals surface area contributed by atoms with E-state index in [0.717, 1.165) is 19.3 Å². The number of ether oxygens (including phenoxy) is 1. The summed E-state index contributed by atoms with van der Waals surface area (Å²) in [7, 11) is 1.85. The van der Waals surface area contributed by atoms with Crippen LogP contribution in [0, 0.1) is 11.8 Å². The molecule has 106 valence electrons. The van der Waals surface area contributed by atoms with Crippen LogP contribution in [0.3, 0.4) is 0 Å². The Kier molecular flexibility index (Phi) is 6.09. The van der Waals surface area contributed by atoms with E-state index in [0.29, 0.717) is 19.1 Å². The van der Waals surface area contributed by atoms with Gasteiger partial charge in [0.25, 0.3) is 0 Å². The van der Waals surface area contributed by atoms with Gasteiger partial charge >= 0.3 is 0 Å². The van der Waals surface area contributed by atoms with Gasteiger partial charge in [0, 0.05) is 19.6 Å². The van der Waals surface area contributed by atoms with E-state index in [2.05, 4.69) is 6.92 Å². The predicted octanol–water partition coefficient (Wildman–Crippen LogP) is 1.63. The van der Waals surface area contributed by atoms with Gasteiger partial charge in [0.05, 0.1) is 18.6 Å². The van der Waals surface area contributed by atoms with Crippen LogP contribution in [-0.2, 0) is 9.53 Å². The van der Waals surface area contributed by atoms with Gasteiger partial charge in [-0.05, 0) is 39.0 Å². The lowest BCUT2D eigenvalue weighted by molar-refractivity contribution is -0.137. The van der Waals surface area contributed by atoms with Crippen LogP contribution < -0.4 is 5.73 Å². The largest absolute Gasteiger partial charge is 0.377 e. The molecule has 0 saturated heterocycles. The number of carbonyl (C=O) groups is 1. The van der Waals surface area contributed by atoms with Crippen molar-refractivity contribution in [2.75, 3.05) is 20.2 Å². The summed E-state index contributed by atoms with van der Waals surface area (Å²) in [5.41, 5.74) is 6.08. The summed E-state index contributed by atoms with van der Waals surface area (Å²) in [6, 6.07) is 0.0298. The molecule has 1 aliphatic rings. The standard InChI is InChI=1S/C14H28N2O2/c1-10(2)18-8-7-16(4)14(17)12-9-11(3)5-6-13(12)15/h10-13H,5-9,15H2,1-4H3. The van der Waals surface area contributed by atoms with Crippen molar-refractivity contribution < 1.29 is 9.53 Å². The Hall–Kier alpha value is -0.610. The predicted molar refractivity (Wildman–Crippen MR) is 73.2 cm³/mol. The number of hydrogen-bond acceptors (Lipinski definition) is 3. The third-order valence-corrected chi connectivity index (χ3v) is 3.74. The molecule has 1 saturated carbocycles. The van der Waals surface area contributed by atoms with Gasteiger partial charge in [-0.25, -0.2) is 0 Å². The van der Waals surface area contributed by atoms with Gasteiger partial charge in [0.1, 0.15) is 0 Å². The zero-order chi connectivity index (χ0) is 13.7. The van der Waals surface area contributed by atoms with Gasteiger partial charge in [0.2, 0.25) is 5.91 Å². The molecule has 1 aliphatic carbocycles. The fourth-order valence-corrected chi connectivity index (χ4v) is 2.51. The summed E-state index contributed by atoms with van der Waals surface area (Å²) in [6.07, 6.45) is 3.25. The Balaban J connectivity index is 2.41. The molecule has 18 heavy (non-hydrogen) atoms. The van der Waals surface area contributed by atoms with E-state index < -0.39 is 0 Å². The fraction of sp³-hybridized carbons (Fsp3) is 0.929. The molecule has 1 fully saturated rings. The van der Waals surface area contributed by atoms with Crippen molar-refractivity contribution in [1.29, 1.82) is 0 Å². The second-order valence-corrected chi connectivity index (χ2v) is 5.87. The summed E-state index contributed by atoms with van der Waals surface area (Å²) < 4.78 is 5.47. The molecular formula is C14H28N2O2. The molecule has 2 N–H and O–H groups in total. The normalized spacial score (nSPS) is 28.4. The van der Waals surface area contributed by atoms with Crippen LogP contribution in [0.1, 0.15) is 40.0 Å². The van der Waals surface area contributed by atoms with Crippen LogP contribution in [-0.4, -0.2) is 43.2 Å². The topological polar surface area (TPSA) is 55.6 Å². The second-order valence-electron chi connectivity index (χ2n) is 5.87. The molecule has 1 rings (SSSR count). The van der Waals surface area contributed by atoms with E-state index >= 15 is 0 Å². The third kappa shape index (κ3) is 4.58. The number of hydrogen-bond donors (Lipinski definition) is 1. The minimum atomic E-state index is -0.00204. The second kappa shape index (κ2) is 7.10. The minimum Gasteiger partial charge on any atom is -0.377 e. The van der Waals surface area contributed by atoms with Crippen LogP contribution in [0.25, 0.3) is 0 Å². The van der Waals surface area contributed by atoms with Crippen LogP contribution in [0.2, 0.25) is 0 Å². The molecule has 0 aromatic heterocycles. The molecule has 0 aromatic rings. The molecule has 1 amide bonds. The summed E-state index contributed by atoms with van der Waals surface area (Å²) in [6.45, 7) is 7.45. The van der Waals surface area contributed by atoms with Crippen LogP contribution in [0.15, 0.2) is 0 Å². The lowest BCUT2D eigenvalue weighted by Gasteiger charge is -2.34. The molecule has 0 heterocycles. The van der Waals surface area contributed by atoms with E-state index in [1.807, 2.05) is 20.9 Å². The van der Waals surface area contributed by atoms with Crippen molar-refractivity contribution >= 4 is 5.91 Å². The molecule has 0 aliphatic heterocycles. The molecule has 3 unspecified atom stereocenters. The highest BCUT2D eigenvalue weighted by atomic mass is 16.5. The lowest BCUT2D eigenvalue weighted by atomic mass is 9.78. The number of carbonyl (C=O) groups excluding carboxylic acids is 1. The Morgan fingerprint density at radius 1 is 1.44 bits per heavy atom. The highest BCUT2D eigenvalue weighted by Crippen LogP contribution is 2.29. The maximum atomic E-state index is 12.3. The molecule has 4 heteroatoms. The molecule has 0 radical (unpaired) electrons. The van der Waals surface area contributed by atoms with Gasteiger partial charge in [-0.2, -0.15) is 0 Å². The number of nitrogens with two attached hydrogens (primary N) is 1. The van der Waals surface area contributed by atoms with Gasteiger partial charge in [-0.15, -0.1) is 0 Å². The van der Waals surface area contributed by atoms with Crippen molar-refractivity contribution in [1.82, 2.24) is 4.90 Å². The van der Waals surface area contributed by atoms with Crippen molar-refractivity contribution in [2.24, 2.45) is 17.6 Å². The first-order valence-electron chi connectivity index (χ1n) is 7.04. The van der Waals surface area contributed by atoms with E-state index in [9.17, 15) is 4.79 Å². The Labute approximate surface area is 111 Å². The van der Waals surface area contributed by atoms with Crippen LogP contribution in [0.4, 0.5) is 0 Å². The van der Waals surface area contributed by atoms with Crippen molar-refractivity contribution in [3.8, 4) is 0 Å². The average Bonchev–Trinajstić information content (AvgIpc) is 2.30. The van der Waals surface area contributed by atoms with Crippen molar-refractivity contribution in [3.05, 3.63) is 0 Å². The molecule has 4 nitrogen and oxygen atoms in total. The van der Waals surface area contributed by atoms with Gasteiger partial charge in [-0.3, -0.25) is 4.79 Å². The molecule has 0 spiro atoms. The highest BCUT2D eigenvalue weighted by Gasteiger charge is 2.32. The maximum Gasteiger partial charge on any atom is 0.227 e. The Bertz CT molecular complexity index is 269. The van der Waals surface area contributed by atoms with Crippen LogP contribution >= 0.6 is 0 Å². The summed E-state index contributed by atoms with van der Waals surface area (Å²) in [4.78, 5) is 14.1. The molecule has 0 aromatic carbocycles. The minimum absolute atomic E-state index is 0.00204. The molecule has 0 bridgehead atoms. The van der Waals surface area contributed by atoms with E-state index in [-0.39, 0.29) is 24.0 Å². The zero-order valence-electron chi connectivity index (χ0n) is 12.2. The average molecular weight is 256 g/mol. The van der Waals surface area contributed by atoms with Gasteiger partial charge < -0.3 is 15.4 Å². The lowest BCUT2D eigenvalue weighted by Crippen LogP contribution is -2.46. The number of rotatable bonds is 5. The van der Waals surface area contributed by atoms with Gasteiger partial charge in [-0.1, -0.05) is 6.92 Å². The van der Waals surface area contributed by atoms with E-state index in [1.165, 1.54) is 0 Å². The van der Waals surface area contributed by atoms with Gasteiger partial charge in [0.15, 0.2) is 0 Å². The van der Waals surface area contributed by atoms with E-state index in [4.69, 9.17) is 10.5 Å². The quantitative estimate of drug-likeness (QED) is 0.813. The van der Waals surface area contributed by atoms with Crippen LogP contribution in [0.5, 0.6) is 0 Å². The first-order valence-corrected chi connectivity index (χ1v) is 7.04. The first-order chi connectivity index (χ1) is 8.41. The Morgan fingerprint density at radius 3 is 2.72 bits per heavy atom. The first kappa shape index (κ1) is 15.4. The summed E-state index contributed by atoms with van der Waals surface area (Å²) >= 11 is 0. The third-order valence-electron chi connectivity index (χ3n) is 3.74. The van der Waals surface area contributed by atoms with Crippen molar-refractivity contribution in [2.45, 2.75) is 52.2 Å². The summed E-state index contributed by atoms with van der Waals surface area (Å²) in [5.74, 6) is 0.790. The Morgan fingerprint density at radius 2 is 2.11 bits per heavy atom. The fourth-order valence-electron chi connectivity index (χ4n) is 2.51. The SMILES string of the molecule is CC1CCC(N)C(C(=O)N(C)CCOC(C)C)C1. The smallest absolute Gasteiger partial charge is 0.227 e. The number of nitrogens with zero attached hydrogens (tertiary/aromatic N) is 1. The van der Waals surface area contributed by atoms with E-state index in [1.54, 1.807) is 4.90 Å². The maximum absolute atomic E-state index is 12.3. The summed E-state index contributed by atoms with van der Waals surface area (Å²) in [5, 5.41) is 0. The molecule has 3 atom stereocenters. The molecular weight excluding hydrogens is 228 g/mol. The monoisotopic (exact) mass is 256 g/mol. The van der Waals surface area contributed by atoms with Crippen molar-refractivity contribution in [3.63, 3.8) is 0 Å². The number of amides is 1. The highest BCUT2D eigenvalue weighted by molar-refractivity contribution is 5.79. The zero-order valence-corrected chi connectivity index (χ0v) is 12.2.